The van der Waals surface area contributed by atoms with E-state index in [-0.39, 0.29) is 46.9 Å². The summed E-state index contributed by atoms with van der Waals surface area (Å²) < 4.78 is 12.0. The van der Waals surface area contributed by atoms with Gasteiger partial charge in [0.25, 0.3) is 11.4 Å². The third-order valence-electron chi connectivity index (χ3n) is 11.6. The van der Waals surface area contributed by atoms with Gasteiger partial charge in [-0.25, -0.2) is 9.59 Å². The van der Waals surface area contributed by atoms with Crippen molar-refractivity contribution in [2.75, 3.05) is 0 Å². The molecule has 2 aliphatic rings. The molecular weight excluding hydrogens is 789 g/mol. The Morgan fingerprint density at radius 3 is 1.65 bits per heavy atom. The van der Waals surface area contributed by atoms with E-state index < -0.39 is 38.9 Å². The van der Waals surface area contributed by atoms with Crippen LogP contribution in [0, 0.1) is 20.2 Å². The fourth-order valence-electron chi connectivity index (χ4n) is 8.67. The monoisotopic (exact) mass is 844 g/mol. The van der Waals surface area contributed by atoms with Crippen LogP contribution in [0.25, 0.3) is 5.57 Å². The van der Waals surface area contributed by atoms with Crippen LogP contribution < -0.4 is 0 Å². The fourth-order valence-corrected chi connectivity index (χ4v) is 8.67. The number of hydrogen-bond acceptors (Lipinski definition) is 10. The van der Waals surface area contributed by atoms with Crippen LogP contribution in [-0.4, -0.2) is 43.2 Å². The molecule has 0 spiro atoms. The van der Waals surface area contributed by atoms with Gasteiger partial charge in [0.2, 0.25) is 0 Å². The normalized spacial score (nSPS) is 19.5. The average Bonchev–Trinajstić information content (AvgIpc) is 3.26. The van der Waals surface area contributed by atoms with Crippen LogP contribution in [0.5, 0.6) is 0 Å². The molecule has 12 heteroatoms. The van der Waals surface area contributed by atoms with E-state index in [4.69, 9.17) is 9.47 Å². The van der Waals surface area contributed by atoms with Crippen molar-refractivity contribution in [2.45, 2.75) is 115 Å². The van der Waals surface area contributed by atoms with Crippen LogP contribution in [-0.2, 0) is 31.9 Å². The van der Waals surface area contributed by atoms with E-state index in [2.05, 4.69) is 0 Å². The third kappa shape index (κ3) is 11.4. The van der Waals surface area contributed by atoms with Crippen molar-refractivity contribution in [3.05, 3.63) is 180 Å². The highest BCUT2D eigenvalue weighted by Gasteiger charge is 2.44. The number of nitro groups is 2. The van der Waals surface area contributed by atoms with E-state index in [1.165, 1.54) is 24.3 Å². The summed E-state index contributed by atoms with van der Waals surface area (Å²) in [5.74, 6) is -1.57. The first-order chi connectivity index (χ1) is 29.8. The number of esters is 2. The molecule has 4 aromatic carbocycles. The molecule has 0 aliphatic carbocycles. The van der Waals surface area contributed by atoms with Crippen LogP contribution in [0.4, 0.5) is 11.4 Å². The third-order valence-corrected chi connectivity index (χ3v) is 11.6. The Hall–Kier alpha value is -6.56. The zero-order valence-corrected chi connectivity index (χ0v) is 35.9. The summed E-state index contributed by atoms with van der Waals surface area (Å²) in [6, 6.07) is 32.2. The summed E-state index contributed by atoms with van der Waals surface area (Å²) in [6.45, 7) is 7.67. The van der Waals surface area contributed by atoms with Crippen molar-refractivity contribution in [1.82, 2.24) is 0 Å². The molecule has 4 aromatic rings. The SMILES string of the molecule is C/C=C(/C1=C(O)C[C@@](CCC)(CCc2ccccc2)OC1=O)c1cccc([N+](=O)[O-])c1.CCC[C@@]1(CCc2ccccc2)CC(O)=C([C@H](CC)c2cccc([N+](=O)[O-])c2)C(=O)O1. The molecule has 0 bridgehead atoms. The summed E-state index contributed by atoms with van der Waals surface area (Å²) in [5.41, 5.74) is 2.52. The minimum atomic E-state index is -0.767. The van der Waals surface area contributed by atoms with E-state index >= 15 is 0 Å². The molecule has 2 heterocycles. The second kappa shape index (κ2) is 21.3. The number of aliphatic hydroxyl groups is 2. The van der Waals surface area contributed by atoms with Gasteiger partial charge in [-0.3, -0.25) is 20.2 Å². The molecule has 0 aromatic heterocycles. The van der Waals surface area contributed by atoms with Crippen LogP contribution in [0.3, 0.4) is 0 Å². The largest absolute Gasteiger partial charge is 0.512 e. The summed E-state index contributed by atoms with van der Waals surface area (Å²) >= 11 is 0. The Labute approximate surface area is 362 Å². The number of aliphatic hydroxyl groups excluding tert-OH is 2. The van der Waals surface area contributed by atoms with Gasteiger partial charge >= 0.3 is 11.9 Å². The fraction of sp³-hybridized carbons (Fsp3) is 0.360. The lowest BCUT2D eigenvalue weighted by Crippen LogP contribution is -2.41. The van der Waals surface area contributed by atoms with Crippen LogP contribution >= 0.6 is 0 Å². The summed E-state index contributed by atoms with van der Waals surface area (Å²) in [5, 5.41) is 44.2. The van der Waals surface area contributed by atoms with Gasteiger partial charge in [0.15, 0.2) is 0 Å². The zero-order chi connectivity index (χ0) is 44.9. The molecule has 0 unspecified atom stereocenters. The first kappa shape index (κ1) is 46.5. The van der Waals surface area contributed by atoms with Gasteiger partial charge in [-0.05, 0) is 79.7 Å². The number of rotatable bonds is 17. The minimum absolute atomic E-state index is 0.0302. The average molecular weight is 845 g/mol. The molecule has 2 N–H and O–H groups in total. The Bertz CT molecular complexity index is 2320. The Morgan fingerprint density at radius 2 is 1.18 bits per heavy atom. The molecule has 0 saturated carbocycles. The summed E-state index contributed by atoms with van der Waals surface area (Å²) in [6.07, 6.45) is 8.33. The van der Waals surface area contributed by atoms with E-state index in [1.54, 1.807) is 37.3 Å². The molecule has 3 atom stereocenters. The Kier molecular flexibility index (Phi) is 16.0. The predicted molar refractivity (Wildman–Crippen MR) is 238 cm³/mol. The smallest absolute Gasteiger partial charge is 0.342 e. The number of carbonyl (C=O) groups excluding carboxylic acids is 2. The molecule has 6 rings (SSSR count). The van der Waals surface area contributed by atoms with Crippen molar-refractivity contribution < 1.29 is 39.1 Å². The van der Waals surface area contributed by atoms with Gasteiger partial charge in [-0.15, -0.1) is 0 Å². The van der Waals surface area contributed by atoms with E-state index in [0.29, 0.717) is 48.8 Å². The van der Waals surface area contributed by atoms with Gasteiger partial charge in [0, 0.05) is 43.0 Å². The number of nitrogens with zero attached hydrogens (tertiary/aromatic N) is 2. The quantitative estimate of drug-likeness (QED) is 0.0590. The second-order valence-electron chi connectivity index (χ2n) is 16.0. The lowest BCUT2D eigenvalue weighted by Gasteiger charge is -2.38. The van der Waals surface area contributed by atoms with Crippen molar-refractivity contribution in [3.63, 3.8) is 0 Å². The van der Waals surface area contributed by atoms with E-state index in [1.807, 2.05) is 81.4 Å². The number of aryl methyl sites for hydroxylation is 2. The highest BCUT2D eigenvalue weighted by molar-refractivity contribution is 6.07. The lowest BCUT2D eigenvalue weighted by molar-refractivity contribution is -0.385. The molecule has 326 valence electrons. The zero-order valence-electron chi connectivity index (χ0n) is 35.9. The minimum Gasteiger partial charge on any atom is -0.512 e. The number of non-ortho nitro benzene ring substituents is 2. The topological polar surface area (TPSA) is 179 Å². The number of cyclic esters (lactones) is 2. The van der Waals surface area contributed by atoms with Crippen molar-refractivity contribution in [1.29, 1.82) is 0 Å². The van der Waals surface area contributed by atoms with Gasteiger partial charge in [-0.1, -0.05) is 125 Å². The second-order valence-corrected chi connectivity index (χ2v) is 16.0. The van der Waals surface area contributed by atoms with Gasteiger partial charge in [-0.2, -0.15) is 0 Å². The first-order valence-corrected chi connectivity index (χ1v) is 21.3. The van der Waals surface area contributed by atoms with Crippen molar-refractivity contribution in [3.8, 4) is 0 Å². The van der Waals surface area contributed by atoms with Crippen LogP contribution in [0.15, 0.2) is 138 Å². The summed E-state index contributed by atoms with van der Waals surface area (Å²) in [4.78, 5) is 47.6. The predicted octanol–water partition coefficient (Wildman–Crippen LogP) is 11.9. The van der Waals surface area contributed by atoms with Crippen LogP contribution in [0.2, 0.25) is 0 Å². The molecule has 12 nitrogen and oxygen atoms in total. The number of carbonyl (C=O) groups is 2. The first-order valence-electron chi connectivity index (χ1n) is 21.3. The summed E-state index contributed by atoms with van der Waals surface area (Å²) in [7, 11) is 0. The maximum atomic E-state index is 13.1. The molecule has 0 fully saturated rings. The molecule has 0 saturated heterocycles. The molecule has 2 aliphatic heterocycles. The number of hydrogen-bond donors (Lipinski definition) is 2. The highest BCUT2D eigenvalue weighted by atomic mass is 16.6. The van der Waals surface area contributed by atoms with E-state index in [0.717, 1.165) is 36.8 Å². The Morgan fingerprint density at radius 1 is 0.677 bits per heavy atom. The van der Waals surface area contributed by atoms with Crippen LogP contribution in [0.1, 0.15) is 114 Å². The molecule has 0 radical (unpaired) electrons. The molecular formula is C50H56N2O10. The lowest BCUT2D eigenvalue weighted by atomic mass is 9.80. The highest BCUT2D eigenvalue weighted by Crippen LogP contribution is 2.43. The number of nitro benzene ring substituents is 2. The van der Waals surface area contributed by atoms with Gasteiger partial charge < -0.3 is 19.7 Å². The van der Waals surface area contributed by atoms with Gasteiger partial charge in [0.1, 0.15) is 28.3 Å². The maximum absolute atomic E-state index is 13.1. The number of ether oxygens (including phenoxy) is 2. The number of benzene rings is 4. The van der Waals surface area contributed by atoms with Crippen molar-refractivity contribution >= 4 is 28.9 Å². The maximum Gasteiger partial charge on any atom is 0.342 e. The Balaban J connectivity index is 0.000000234. The molecule has 0 amide bonds. The van der Waals surface area contributed by atoms with Crippen molar-refractivity contribution in [2.24, 2.45) is 0 Å². The van der Waals surface area contributed by atoms with Gasteiger partial charge in [0.05, 0.1) is 15.4 Å². The molecule has 62 heavy (non-hydrogen) atoms. The standard InChI is InChI=1S/C25H29NO5.C25H27NO5/c2*1-3-14-25(15-13-18-9-6-5-7-10-18)17-22(27)23(24(28)31-25)21(4-2)19-11-8-12-20(16-19)26(29)30/h5-12,16,21,27H,3-4,13-15,17H2,1-2H3;4-12,16,27H,3,13-15,17H2,1-2H3/b;21-4+/t21-,25-;25-/m11/s1. The number of allylic oxidation sites excluding steroid dienone is 1. The van der Waals surface area contributed by atoms with E-state index in [9.17, 15) is 40.0 Å².